The molecular formula is C29H42O2S. The summed E-state index contributed by atoms with van der Waals surface area (Å²) >= 11 is 1.87. The number of rotatable bonds is 16. The lowest BCUT2D eigenvalue weighted by Crippen LogP contribution is -2.03. The van der Waals surface area contributed by atoms with Gasteiger partial charge in [-0.2, -0.15) is 0 Å². The molecule has 2 nitrogen and oxygen atoms in total. The van der Waals surface area contributed by atoms with Crippen molar-refractivity contribution in [2.45, 2.75) is 107 Å². The predicted octanol–water partition coefficient (Wildman–Crippen LogP) is 9.22. The van der Waals surface area contributed by atoms with Gasteiger partial charge < -0.3 is 9.47 Å². The molecule has 0 fully saturated rings. The third-order valence-electron chi connectivity index (χ3n) is 6.20. The van der Waals surface area contributed by atoms with Crippen LogP contribution in [0.3, 0.4) is 0 Å². The molecule has 0 amide bonds. The van der Waals surface area contributed by atoms with Crippen molar-refractivity contribution in [2.75, 3.05) is 13.2 Å². The maximum Gasteiger partial charge on any atom is 0.119 e. The zero-order valence-electron chi connectivity index (χ0n) is 20.3. The quantitative estimate of drug-likeness (QED) is 0.201. The van der Waals surface area contributed by atoms with Gasteiger partial charge in [-0.3, -0.25) is 0 Å². The van der Waals surface area contributed by atoms with Gasteiger partial charge in [0.1, 0.15) is 11.5 Å². The van der Waals surface area contributed by atoms with Crippen LogP contribution in [0, 0.1) is 0 Å². The Morgan fingerprint density at radius 2 is 1.03 bits per heavy atom. The average Bonchev–Trinajstić information content (AvgIpc) is 2.81. The fraction of sp³-hybridized carbons (Fsp3) is 0.586. The van der Waals surface area contributed by atoms with E-state index in [-0.39, 0.29) is 0 Å². The first kappa shape index (κ1) is 25.0. The second-order valence-electron chi connectivity index (χ2n) is 9.05. The van der Waals surface area contributed by atoms with Gasteiger partial charge in [0.05, 0.1) is 13.2 Å². The van der Waals surface area contributed by atoms with Gasteiger partial charge in [0.15, 0.2) is 0 Å². The Morgan fingerprint density at radius 3 is 1.50 bits per heavy atom. The number of fused-ring (bicyclic) bond motifs is 2. The van der Waals surface area contributed by atoms with Gasteiger partial charge >= 0.3 is 0 Å². The Bertz CT molecular complexity index is 736. The van der Waals surface area contributed by atoms with E-state index in [0.29, 0.717) is 0 Å². The highest BCUT2D eigenvalue weighted by molar-refractivity contribution is 7.99. The highest BCUT2D eigenvalue weighted by atomic mass is 32.2. The van der Waals surface area contributed by atoms with E-state index >= 15 is 0 Å². The molecule has 2 aromatic carbocycles. The molecule has 0 aromatic heterocycles. The predicted molar refractivity (Wildman–Crippen MR) is 138 cm³/mol. The van der Waals surface area contributed by atoms with Crippen molar-refractivity contribution < 1.29 is 9.47 Å². The van der Waals surface area contributed by atoms with Crippen molar-refractivity contribution in [1.82, 2.24) is 0 Å². The number of unbranched alkanes of at least 4 members (excludes halogenated alkanes) is 10. The van der Waals surface area contributed by atoms with E-state index in [1.165, 1.54) is 85.1 Å². The van der Waals surface area contributed by atoms with Gasteiger partial charge in [-0.05, 0) is 66.8 Å². The van der Waals surface area contributed by atoms with Crippen molar-refractivity contribution >= 4 is 11.8 Å². The molecule has 0 N–H and O–H groups in total. The van der Waals surface area contributed by atoms with E-state index in [9.17, 15) is 0 Å². The highest BCUT2D eigenvalue weighted by Gasteiger charge is 2.17. The molecule has 0 spiro atoms. The standard InChI is InChI=1S/C29H42O2S/c1-3-5-7-9-11-13-19-30-26-15-17-28-24(22-26)21-25-23-27(16-18-29(25)32-28)31-20-14-12-10-8-6-4-2/h15-18,22-23H,3-14,19-21H2,1-2H3. The summed E-state index contributed by atoms with van der Waals surface area (Å²) in [5.74, 6) is 2.02. The molecule has 0 saturated heterocycles. The summed E-state index contributed by atoms with van der Waals surface area (Å²) in [7, 11) is 0. The third kappa shape index (κ3) is 8.39. The van der Waals surface area contributed by atoms with Crippen molar-refractivity contribution in [3.8, 4) is 11.5 Å². The summed E-state index contributed by atoms with van der Waals surface area (Å²) < 4.78 is 12.1. The molecule has 1 aliphatic heterocycles. The van der Waals surface area contributed by atoms with Gasteiger partial charge in [0.25, 0.3) is 0 Å². The maximum atomic E-state index is 6.06. The molecule has 3 heteroatoms. The first-order valence-corrected chi connectivity index (χ1v) is 13.8. The summed E-state index contributed by atoms with van der Waals surface area (Å²) in [5, 5.41) is 0. The highest BCUT2D eigenvalue weighted by Crippen LogP contribution is 2.42. The molecule has 0 bridgehead atoms. The monoisotopic (exact) mass is 454 g/mol. The van der Waals surface area contributed by atoms with E-state index in [1.807, 2.05) is 11.8 Å². The molecule has 0 atom stereocenters. The fourth-order valence-corrected chi connectivity index (χ4v) is 5.27. The SMILES string of the molecule is CCCCCCCCOc1ccc2c(c1)Cc1cc(OCCCCCCCC)ccc1S2. The summed E-state index contributed by atoms with van der Waals surface area (Å²) in [6.45, 7) is 6.18. The van der Waals surface area contributed by atoms with Crippen LogP contribution in [0.15, 0.2) is 46.2 Å². The van der Waals surface area contributed by atoms with Crippen LogP contribution in [0.4, 0.5) is 0 Å². The van der Waals surface area contributed by atoms with Gasteiger partial charge in [-0.15, -0.1) is 0 Å². The van der Waals surface area contributed by atoms with Crippen molar-refractivity contribution in [3.63, 3.8) is 0 Å². The van der Waals surface area contributed by atoms with E-state index in [1.54, 1.807) is 0 Å². The second-order valence-corrected chi connectivity index (χ2v) is 10.1. The zero-order chi connectivity index (χ0) is 22.4. The number of benzene rings is 2. The lowest BCUT2D eigenvalue weighted by molar-refractivity contribution is 0.303. The topological polar surface area (TPSA) is 18.5 Å². The minimum atomic E-state index is 0.824. The lowest BCUT2D eigenvalue weighted by atomic mass is 10.0. The van der Waals surface area contributed by atoms with Crippen LogP contribution >= 0.6 is 11.8 Å². The Morgan fingerprint density at radius 1 is 0.594 bits per heavy atom. The van der Waals surface area contributed by atoms with Crippen molar-refractivity contribution in [2.24, 2.45) is 0 Å². The number of hydrogen-bond acceptors (Lipinski definition) is 3. The first-order chi connectivity index (χ1) is 15.8. The van der Waals surface area contributed by atoms with Crippen LogP contribution < -0.4 is 9.47 Å². The van der Waals surface area contributed by atoms with Crippen LogP contribution in [-0.2, 0) is 6.42 Å². The Hall–Kier alpha value is -1.61. The summed E-state index contributed by atoms with van der Waals surface area (Å²) in [6.07, 6.45) is 16.5. The Kier molecular flexibility index (Phi) is 11.4. The van der Waals surface area contributed by atoms with Crippen LogP contribution in [0.2, 0.25) is 0 Å². The minimum absolute atomic E-state index is 0.824. The lowest BCUT2D eigenvalue weighted by Gasteiger charge is -2.20. The van der Waals surface area contributed by atoms with Crippen molar-refractivity contribution in [3.05, 3.63) is 47.5 Å². The second kappa shape index (κ2) is 14.5. The van der Waals surface area contributed by atoms with Crippen LogP contribution in [0.1, 0.15) is 102 Å². The van der Waals surface area contributed by atoms with Crippen LogP contribution in [0.25, 0.3) is 0 Å². The fourth-order valence-electron chi connectivity index (χ4n) is 4.24. The van der Waals surface area contributed by atoms with E-state index in [2.05, 4.69) is 50.2 Å². The molecule has 2 aromatic rings. The Labute approximate surface area is 200 Å². The van der Waals surface area contributed by atoms with E-state index < -0.39 is 0 Å². The van der Waals surface area contributed by atoms with E-state index in [4.69, 9.17) is 9.47 Å². The molecule has 0 radical (unpaired) electrons. The van der Waals surface area contributed by atoms with E-state index in [0.717, 1.165) is 44.0 Å². The normalized spacial score (nSPS) is 12.3. The summed E-state index contributed by atoms with van der Waals surface area (Å²) in [4.78, 5) is 2.70. The zero-order valence-corrected chi connectivity index (χ0v) is 21.1. The molecule has 0 saturated carbocycles. The molecule has 0 unspecified atom stereocenters. The van der Waals surface area contributed by atoms with Crippen LogP contribution in [-0.4, -0.2) is 13.2 Å². The minimum Gasteiger partial charge on any atom is -0.494 e. The molecular weight excluding hydrogens is 412 g/mol. The molecule has 176 valence electrons. The number of hydrogen-bond donors (Lipinski definition) is 0. The van der Waals surface area contributed by atoms with Gasteiger partial charge in [-0.1, -0.05) is 89.8 Å². The third-order valence-corrected chi connectivity index (χ3v) is 7.43. The summed E-state index contributed by atoms with van der Waals surface area (Å²) in [5.41, 5.74) is 2.74. The number of ether oxygens (including phenoxy) is 2. The van der Waals surface area contributed by atoms with Gasteiger partial charge in [0, 0.05) is 9.79 Å². The molecule has 3 rings (SSSR count). The Balaban J connectivity index is 1.44. The molecule has 1 aliphatic rings. The smallest absolute Gasteiger partial charge is 0.119 e. The maximum absolute atomic E-state index is 6.06. The first-order valence-electron chi connectivity index (χ1n) is 13.0. The largest absolute Gasteiger partial charge is 0.494 e. The van der Waals surface area contributed by atoms with Gasteiger partial charge in [0.2, 0.25) is 0 Å². The molecule has 32 heavy (non-hydrogen) atoms. The van der Waals surface area contributed by atoms with Gasteiger partial charge in [-0.25, -0.2) is 0 Å². The van der Waals surface area contributed by atoms with Crippen molar-refractivity contribution in [1.29, 1.82) is 0 Å². The molecule has 1 heterocycles. The van der Waals surface area contributed by atoms with Crippen LogP contribution in [0.5, 0.6) is 11.5 Å². The summed E-state index contributed by atoms with van der Waals surface area (Å²) in [6, 6.07) is 13.2. The molecule has 0 aliphatic carbocycles. The average molecular weight is 455 g/mol.